The number of hydrogen-bond acceptors (Lipinski definition) is 5. The van der Waals surface area contributed by atoms with E-state index >= 15 is 0 Å². The van der Waals surface area contributed by atoms with Crippen LogP contribution < -0.4 is 10.6 Å². The molecule has 0 spiro atoms. The highest BCUT2D eigenvalue weighted by Gasteiger charge is 2.17. The van der Waals surface area contributed by atoms with Gasteiger partial charge in [-0.3, -0.25) is 9.59 Å². The lowest BCUT2D eigenvalue weighted by Crippen LogP contribution is -2.24. The molecule has 4 rings (SSSR count). The van der Waals surface area contributed by atoms with E-state index in [1.54, 1.807) is 36.4 Å². The average Bonchev–Trinajstić information content (AvgIpc) is 3.38. The van der Waals surface area contributed by atoms with E-state index in [4.69, 9.17) is 4.42 Å². The molecule has 2 aromatic heterocycles. The van der Waals surface area contributed by atoms with Crippen LogP contribution in [0.25, 0.3) is 0 Å². The molecule has 0 unspecified atom stereocenters. The monoisotopic (exact) mass is 351 g/mol. The molecule has 0 fully saturated rings. The second kappa shape index (κ2) is 6.83. The van der Waals surface area contributed by atoms with Gasteiger partial charge in [0.05, 0.1) is 12.8 Å². The maximum absolute atomic E-state index is 12.3. The van der Waals surface area contributed by atoms with E-state index in [2.05, 4.69) is 20.8 Å². The minimum absolute atomic E-state index is 0.204. The first-order chi connectivity index (χ1) is 12.7. The summed E-state index contributed by atoms with van der Waals surface area (Å²) in [6.07, 6.45) is 3.44. The summed E-state index contributed by atoms with van der Waals surface area (Å²) in [4.78, 5) is 24.2. The molecule has 26 heavy (non-hydrogen) atoms. The Morgan fingerprint density at radius 2 is 1.96 bits per heavy atom. The molecule has 1 aromatic carbocycles. The number of anilines is 1. The Labute approximate surface area is 149 Å². The Kier molecular flexibility index (Phi) is 4.22. The van der Waals surface area contributed by atoms with Crippen molar-refractivity contribution in [3.05, 3.63) is 65.6 Å². The van der Waals surface area contributed by atoms with Gasteiger partial charge in [0.2, 0.25) is 0 Å². The number of rotatable bonds is 5. The van der Waals surface area contributed by atoms with Crippen LogP contribution in [-0.4, -0.2) is 26.6 Å². The molecule has 0 bridgehead atoms. The zero-order valence-corrected chi connectivity index (χ0v) is 13.9. The largest absolute Gasteiger partial charge is 0.459 e. The summed E-state index contributed by atoms with van der Waals surface area (Å²) in [5, 5.41) is 13.8. The van der Waals surface area contributed by atoms with Crippen LogP contribution >= 0.6 is 0 Å². The number of hydrogen-bond donors (Lipinski definition) is 2. The van der Waals surface area contributed by atoms with Gasteiger partial charge in [0.15, 0.2) is 11.6 Å². The summed E-state index contributed by atoms with van der Waals surface area (Å²) < 4.78 is 7.09. The summed E-state index contributed by atoms with van der Waals surface area (Å²) >= 11 is 0. The van der Waals surface area contributed by atoms with Gasteiger partial charge in [-0.25, -0.2) is 0 Å². The second-order valence-corrected chi connectivity index (χ2v) is 5.98. The maximum Gasteiger partial charge on any atom is 0.291 e. The first kappa shape index (κ1) is 16.1. The number of carbonyl (C=O) groups is 2. The standard InChI is InChI=1S/C18H17N5O3/c24-17(19-11-16-22-21-15-4-1-9-23(15)16)12-5-7-13(8-6-12)20-18(25)14-3-2-10-26-14/h2-3,5-8,10H,1,4,9,11H2,(H,19,24)(H,20,25). The van der Waals surface area contributed by atoms with Crippen LogP contribution in [0.5, 0.6) is 0 Å². The van der Waals surface area contributed by atoms with Gasteiger partial charge in [-0.15, -0.1) is 10.2 Å². The highest BCUT2D eigenvalue weighted by molar-refractivity contribution is 6.02. The molecule has 8 nitrogen and oxygen atoms in total. The van der Waals surface area contributed by atoms with E-state index in [9.17, 15) is 9.59 Å². The number of carbonyl (C=O) groups excluding carboxylic acids is 2. The molecule has 0 atom stereocenters. The lowest BCUT2D eigenvalue weighted by atomic mass is 10.2. The number of aryl methyl sites for hydroxylation is 1. The molecular weight excluding hydrogens is 334 g/mol. The minimum Gasteiger partial charge on any atom is -0.459 e. The number of furan rings is 1. The predicted molar refractivity (Wildman–Crippen MR) is 92.6 cm³/mol. The van der Waals surface area contributed by atoms with E-state index in [0.29, 0.717) is 17.8 Å². The van der Waals surface area contributed by atoms with Crippen molar-refractivity contribution in [2.24, 2.45) is 0 Å². The molecule has 3 heterocycles. The van der Waals surface area contributed by atoms with Crippen molar-refractivity contribution in [2.45, 2.75) is 25.9 Å². The Hall–Kier alpha value is -3.42. The fourth-order valence-corrected chi connectivity index (χ4v) is 2.91. The molecule has 0 saturated heterocycles. The Morgan fingerprint density at radius 1 is 1.12 bits per heavy atom. The predicted octanol–water partition coefficient (Wildman–Crippen LogP) is 2.00. The molecule has 132 valence electrons. The number of nitrogens with zero attached hydrogens (tertiary/aromatic N) is 3. The number of nitrogens with one attached hydrogen (secondary N) is 2. The highest BCUT2D eigenvalue weighted by atomic mass is 16.3. The zero-order valence-electron chi connectivity index (χ0n) is 13.9. The smallest absolute Gasteiger partial charge is 0.291 e. The van der Waals surface area contributed by atoms with Crippen LogP contribution in [0, 0.1) is 0 Å². The molecule has 0 radical (unpaired) electrons. The van der Waals surface area contributed by atoms with E-state index < -0.39 is 0 Å². The van der Waals surface area contributed by atoms with Gasteiger partial charge in [0, 0.05) is 24.2 Å². The quantitative estimate of drug-likeness (QED) is 0.732. The summed E-state index contributed by atoms with van der Waals surface area (Å²) in [6, 6.07) is 9.88. The topological polar surface area (TPSA) is 102 Å². The third-order valence-corrected chi connectivity index (χ3v) is 4.24. The van der Waals surface area contributed by atoms with Gasteiger partial charge in [0.1, 0.15) is 5.82 Å². The maximum atomic E-state index is 12.3. The van der Waals surface area contributed by atoms with Crippen molar-refractivity contribution < 1.29 is 14.0 Å². The fourth-order valence-electron chi connectivity index (χ4n) is 2.91. The zero-order chi connectivity index (χ0) is 17.9. The third kappa shape index (κ3) is 3.21. The highest BCUT2D eigenvalue weighted by Crippen LogP contribution is 2.14. The SMILES string of the molecule is O=C(NCc1nnc2n1CCC2)c1ccc(NC(=O)c2ccco2)cc1. The summed E-state index contributed by atoms with van der Waals surface area (Å²) in [6.45, 7) is 1.24. The van der Waals surface area contributed by atoms with Gasteiger partial charge >= 0.3 is 0 Å². The number of benzene rings is 1. The van der Waals surface area contributed by atoms with Crippen molar-refractivity contribution in [2.75, 3.05) is 5.32 Å². The minimum atomic E-state index is -0.340. The lowest BCUT2D eigenvalue weighted by Gasteiger charge is -2.07. The van der Waals surface area contributed by atoms with Crippen molar-refractivity contribution in [1.82, 2.24) is 20.1 Å². The average molecular weight is 351 g/mol. The molecule has 0 saturated carbocycles. The van der Waals surface area contributed by atoms with Crippen molar-refractivity contribution in [1.29, 1.82) is 0 Å². The van der Waals surface area contributed by atoms with Crippen LogP contribution in [-0.2, 0) is 19.5 Å². The molecule has 2 amide bonds. The third-order valence-electron chi connectivity index (χ3n) is 4.24. The summed E-state index contributed by atoms with van der Waals surface area (Å²) in [7, 11) is 0. The van der Waals surface area contributed by atoms with Crippen molar-refractivity contribution >= 4 is 17.5 Å². The first-order valence-electron chi connectivity index (χ1n) is 8.35. The van der Waals surface area contributed by atoms with Crippen LogP contribution in [0.2, 0.25) is 0 Å². The van der Waals surface area contributed by atoms with Gasteiger partial charge in [-0.2, -0.15) is 0 Å². The lowest BCUT2D eigenvalue weighted by molar-refractivity contribution is 0.0948. The van der Waals surface area contributed by atoms with Crippen LogP contribution in [0.4, 0.5) is 5.69 Å². The summed E-state index contributed by atoms with van der Waals surface area (Å²) in [5.41, 5.74) is 1.08. The Morgan fingerprint density at radius 3 is 2.73 bits per heavy atom. The molecule has 3 aromatic rings. The fraction of sp³-hybridized carbons (Fsp3) is 0.222. The van der Waals surface area contributed by atoms with Gasteiger partial charge in [0.25, 0.3) is 11.8 Å². The van der Waals surface area contributed by atoms with Crippen LogP contribution in [0.1, 0.15) is 39.0 Å². The molecule has 8 heteroatoms. The van der Waals surface area contributed by atoms with Gasteiger partial charge in [-0.1, -0.05) is 0 Å². The number of aromatic nitrogens is 3. The molecule has 1 aliphatic rings. The van der Waals surface area contributed by atoms with Crippen molar-refractivity contribution in [3.8, 4) is 0 Å². The van der Waals surface area contributed by atoms with E-state index in [1.165, 1.54) is 6.26 Å². The molecule has 1 aliphatic heterocycles. The van der Waals surface area contributed by atoms with E-state index in [0.717, 1.165) is 31.0 Å². The van der Waals surface area contributed by atoms with E-state index in [1.807, 2.05) is 4.57 Å². The van der Waals surface area contributed by atoms with Crippen molar-refractivity contribution in [3.63, 3.8) is 0 Å². The second-order valence-electron chi connectivity index (χ2n) is 5.98. The number of amides is 2. The van der Waals surface area contributed by atoms with Crippen LogP contribution in [0.3, 0.4) is 0 Å². The van der Waals surface area contributed by atoms with Crippen LogP contribution in [0.15, 0.2) is 47.1 Å². The van der Waals surface area contributed by atoms with Gasteiger partial charge < -0.3 is 19.6 Å². The van der Waals surface area contributed by atoms with Gasteiger partial charge in [-0.05, 0) is 42.8 Å². The Bertz CT molecular complexity index is 928. The normalized spacial score (nSPS) is 12.6. The summed E-state index contributed by atoms with van der Waals surface area (Å²) in [5.74, 6) is 1.43. The molecule has 2 N–H and O–H groups in total. The number of fused-ring (bicyclic) bond motifs is 1. The molecule has 0 aliphatic carbocycles. The molecular formula is C18H17N5O3. The Balaban J connectivity index is 1.35. The van der Waals surface area contributed by atoms with E-state index in [-0.39, 0.29) is 17.6 Å². The first-order valence-corrected chi connectivity index (χ1v) is 8.35.